The van der Waals surface area contributed by atoms with Crippen molar-refractivity contribution in [3.8, 4) is 44.5 Å². The van der Waals surface area contributed by atoms with Crippen LogP contribution in [-0.4, -0.2) is 0 Å². The lowest BCUT2D eigenvalue weighted by molar-refractivity contribution is 1.56. The van der Waals surface area contributed by atoms with Crippen LogP contribution in [0.3, 0.4) is 0 Å². The van der Waals surface area contributed by atoms with Crippen molar-refractivity contribution in [3.63, 3.8) is 0 Å². The second-order valence-electron chi connectivity index (χ2n) is 9.89. The molecule has 0 spiro atoms. The molecule has 0 unspecified atom stereocenters. The van der Waals surface area contributed by atoms with Crippen molar-refractivity contribution in [2.45, 2.75) is 0 Å². The second kappa shape index (κ2) is 10.0. The lowest BCUT2D eigenvalue weighted by Gasteiger charge is -2.15. The van der Waals surface area contributed by atoms with Gasteiger partial charge in [-0.3, -0.25) is 0 Å². The van der Waals surface area contributed by atoms with Gasteiger partial charge in [0.15, 0.2) is 0 Å². The lowest BCUT2D eigenvalue weighted by atomic mass is 9.90. The Hall–Kier alpha value is -4.46. The Bertz CT molecular complexity index is 1820. The fourth-order valence-corrected chi connectivity index (χ4v) is 6.30. The summed E-state index contributed by atoms with van der Waals surface area (Å²) in [5.74, 6) is 0. The average Bonchev–Trinajstić information content (AvgIpc) is 3.02. The molecule has 0 heterocycles. The van der Waals surface area contributed by atoms with Gasteiger partial charge in [-0.15, -0.1) is 0 Å². The quantitative estimate of drug-likeness (QED) is 0.188. The molecule has 1 heteroatoms. The number of halogens is 1. The molecule has 0 nitrogen and oxygen atoms in total. The average molecular weight is 562 g/mol. The third kappa shape index (κ3) is 4.35. The fourth-order valence-electron chi connectivity index (χ4n) is 5.60. The van der Waals surface area contributed by atoms with Gasteiger partial charge in [0.2, 0.25) is 0 Å². The number of fused-ring (bicyclic) bond motifs is 2. The van der Waals surface area contributed by atoms with E-state index < -0.39 is 0 Å². The molecule has 184 valence electrons. The molecule has 7 rings (SSSR count). The lowest BCUT2D eigenvalue weighted by Crippen LogP contribution is -1.89. The normalized spacial score (nSPS) is 11.2. The molecule has 0 aliphatic carbocycles. The van der Waals surface area contributed by atoms with Crippen LogP contribution in [0.5, 0.6) is 0 Å². The first kappa shape index (κ1) is 23.6. The summed E-state index contributed by atoms with van der Waals surface area (Å²) in [6.07, 6.45) is 0. The largest absolute Gasteiger partial charge is 0.0622 e. The van der Waals surface area contributed by atoms with Crippen LogP contribution in [0.2, 0.25) is 0 Å². The highest BCUT2D eigenvalue weighted by Crippen LogP contribution is 2.42. The van der Waals surface area contributed by atoms with E-state index in [1.807, 2.05) is 0 Å². The molecule has 0 aliphatic rings. The van der Waals surface area contributed by atoms with E-state index in [2.05, 4.69) is 168 Å². The minimum absolute atomic E-state index is 1.15. The monoisotopic (exact) mass is 560 g/mol. The van der Waals surface area contributed by atoms with Gasteiger partial charge in [-0.05, 0) is 100 Å². The second-order valence-corrected chi connectivity index (χ2v) is 10.7. The van der Waals surface area contributed by atoms with Gasteiger partial charge < -0.3 is 0 Å². The zero-order chi connectivity index (χ0) is 26.2. The number of rotatable bonds is 4. The summed E-state index contributed by atoms with van der Waals surface area (Å²) in [5.41, 5.74) is 9.82. The minimum Gasteiger partial charge on any atom is -0.0622 e. The van der Waals surface area contributed by atoms with Gasteiger partial charge in [0, 0.05) is 4.47 Å². The minimum atomic E-state index is 1.15. The van der Waals surface area contributed by atoms with Crippen molar-refractivity contribution in [1.82, 2.24) is 0 Å². The standard InChI is InChI=1S/C38H25Br/c39-38-35-17-9-7-15-33(35)37(34-16-8-10-18-36(34)38)29-21-19-28(20-22-29)32-24-30(26-11-3-1-4-12-26)23-31(25-32)27-13-5-2-6-14-27/h1-25H. The maximum Gasteiger partial charge on any atom is 0.0332 e. The smallest absolute Gasteiger partial charge is 0.0332 e. The van der Waals surface area contributed by atoms with Gasteiger partial charge >= 0.3 is 0 Å². The molecule has 0 bridgehead atoms. The summed E-state index contributed by atoms with van der Waals surface area (Å²) in [6.45, 7) is 0. The van der Waals surface area contributed by atoms with Crippen LogP contribution >= 0.6 is 15.9 Å². The van der Waals surface area contributed by atoms with E-state index in [4.69, 9.17) is 0 Å². The molecule has 0 atom stereocenters. The van der Waals surface area contributed by atoms with Gasteiger partial charge in [0.25, 0.3) is 0 Å². The Kier molecular flexibility index (Phi) is 6.07. The molecule has 0 amide bonds. The van der Waals surface area contributed by atoms with E-state index in [9.17, 15) is 0 Å². The van der Waals surface area contributed by atoms with Crippen molar-refractivity contribution in [2.24, 2.45) is 0 Å². The van der Waals surface area contributed by atoms with Crippen LogP contribution in [0.1, 0.15) is 0 Å². The van der Waals surface area contributed by atoms with Gasteiger partial charge in [-0.25, -0.2) is 0 Å². The molecule has 0 N–H and O–H groups in total. The molecular formula is C38H25Br. The maximum atomic E-state index is 3.88. The summed E-state index contributed by atoms with van der Waals surface area (Å²) >= 11 is 3.88. The summed E-state index contributed by atoms with van der Waals surface area (Å²) in [7, 11) is 0. The van der Waals surface area contributed by atoms with E-state index in [0.29, 0.717) is 0 Å². The van der Waals surface area contributed by atoms with Crippen molar-refractivity contribution in [2.75, 3.05) is 0 Å². The highest BCUT2D eigenvalue weighted by Gasteiger charge is 2.14. The molecule has 0 radical (unpaired) electrons. The maximum absolute atomic E-state index is 3.88. The van der Waals surface area contributed by atoms with Gasteiger partial charge in [0.1, 0.15) is 0 Å². The van der Waals surface area contributed by atoms with Crippen molar-refractivity contribution < 1.29 is 0 Å². The van der Waals surface area contributed by atoms with Crippen LogP contribution in [0.4, 0.5) is 0 Å². The predicted molar refractivity (Wildman–Crippen MR) is 171 cm³/mol. The summed E-state index contributed by atoms with van der Waals surface area (Å²) in [4.78, 5) is 0. The SMILES string of the molecule is Brc1c2ccccc2c(-c2ccc(-c3cc(-c4ccccc4)cc(-c4ccccc4)c3)cc2)c2ccccc12. The van der Waals surface area contributed by atoms with E-state index in [0.717, 1.165) is 4.47 Å². The number of hydrogen-bond donors (Lipinski definition) is 0. The van der Waals surface area contributed by atoms with Gasteiger partial charge in [0.05, 0.1) is 0 Å². The van der Waals surface area contributed by atoms with Crippen LogP contribution in [0, 0.1) is 0 Å². The van der Waals surface area contributed by atoms with Crippen LogP contribution in [-0.2, 0) is 0 Å². The molecule has 39 heavy (non-hydrogen) atoms. The van der Waals surface area contributed by atoms with Gasteiger partial charge in [-0.1, -0.05) is 133 Å². The molecule has 0 fully saturated rings. The van der Waals surface area contributed by atoms with Crippen LogP contribution in [0.15, 0.2) is 156 Å². The van der Waals surface area contributed by atoms with Crippen molar-refractivity contribution >= 4 is 37.5 Å². The molecular weight excluding hydrogens is 536 g/mol. The number of benzene rings is 7. The highest BCUT2D eigenvalue weighted by atomic mass is 79.9. The summed E-state index contributed by atoms with van der Waals surface area (Å²) < 4.78 is 1.15. The number of hydrogen-bond acceptors (Lipinski definition) is 0. The summed E-state index contributed by atoms with van der Waals surface area (Å²) in [5, 5.41) is 4.98. The fraction of sp³-hybridized carbons (Fsp3) is 0. The zero-order valence-electron chi connectivity index (χ0n) is 21.3. The van der Waals surface area contributed by atoms with E-state index in [-0.39, 0.29) is 0 Å². The molecule has 7 aromatic carbocycles. The Labute approximate surface area is 237 Å². The molecule has 0 aromatic heterocycles. The van der Waals surface area contributed by atoms with Crippen LogP contribution < -0.4 is 0 Å². The third-order valence-corrected chi connectivity index (χ3v) is 8.37. The van der Waals surface area contributed by atoms with Crippen LogP contribution in [0.25, 0.3) is 66.1 Å². The van der Waals surface area contributed by atoms with E-state index in [1.165, 1.54) is 66.1 Å². The molecule has 0 saturated heterocycles. The van der Waals surface area contributed by atoms with Gasteiger partial charge in [-0.2, -0.15) is 0 Å². The Balaban J connectivity index is 1.39. The van der Waals surface area contributed by atoms with Crippen molar-refractivity contribution in [3.05, 3.63) is 156 Å². The Morgan fingerprint density at radius 3 is 1.05 bits per heavy atom. The molecule has 0 aliphatic heterocycles. The topological polar surface area (TPSA) is 0 Å². The Morgan fingerprint density at radius 1 is 0.282 bits per heavy atom. The van der Waals surface area contributed by atoms with E-state index in [1.54, 1.807) is 0 Å². The third-order valence-electron chi connectivity index (χ3n) is 7.52. The molecule has 7 aromatic rings. The predicted octanol–water partition coefficient (Wildman–Crippen LogP) is 11.4. The van der Waals surface area contributed by atoms with E-state index >= 15 is 0 Å². The highest BCUT2D eigenvalue weighted by molar-refractivity contribution is 9.10. The zero-order valence-corrected chi connectivity index (χ0v) is 22.9. The molecule has 0 saturated carbocycles. The summed E-state index contributed by atoms with van der Waals surface area (Å²) in [6, 6.07) is 54.6. The first-order valence-electron chi connectivity index (χ1n) is 13.2. The first-order valence-corrected chi connectivity index (χ1v) is 14.0. The Morgan fingerprint density at radius 2 is 0.615 bits per heavy atom. The van der Waals surface area contributed by atoms with Crippen molar-refractivity contribution in [1.29, 1.82) is 0 Å². The first-order chi connectivity index (χ1) is 19.3.